The number of hydrogen-bond donors (Lipinski definition) is 2. The molecule has 5 rings (SSSR count). The fourth-order valence-electron chi connectivity index (χ4n) is 4.50. The van der Waals surface area contributed by atoms with Gasteiger partial charge >= 0.3 is 0 Å². The number of oxime groups is 1. The molecule has 4 aromatic rings. The van der Waals surface area contributed by atoms with Crippen LogP contribution in [0.3, 0.4) is 0 Å². The third-order valence-electron chi connectivity index (χ3n) is 6.81. The molecule has 2 N–H and O–H groups in total. The van der Waals surface area contributed by atoms with Crippen molar-refractivity contribution in [2.45, 2.75) is 20.0 Å². The van der Waals surface area contributed by atoms with Crippen LogP contribution in [-0.4, -0.2) is 77.4 Å². The van der Waals surface area contributed by atoms with E-state index >= 15 is 0 Å². The maximum absolute atomic E-state index is 8.36. The lowest BCUT2D eigenvalue weighted by molar-refractivity contribution is -0.742. The monoisotopic (exact) mass is 638 g/mol. The minimum atomic E-state index is -1.50. The lowest BCUT2D eigenvalue weighted by Gasteiger charge is -2.26. The summed E-state index contributed by atoms with van der Waals surface area (Å²) < 4.78 is 17.2. The van der Waals surface area contributed by atoms with Crippen LogP contribution in [0, 0.1) is 10.1 Å². The van der Waals surface area contributed by atoms with E-state index in [2.05, 4.69) is 25.3 Å². The molecule has 1 fully saturated rings. The van der Waals surface area contributed by atoms with Crippen molar-refractivity contribution >= 4 is 39.7 Å². The van der Waals surface area contributed by atoms with Crippen LogP contribution in [0.1, 0.15) is 24.5 Å². The molecule has 0 bridgehead atoms. The van der Waals surface area contributed by atoms with Gasteiger partial charge in [-0.1, -0.05) is 41.0 Å². The van der Waals surface area contributed by atoms with E-state index in [9.17, 15) is 0 Å². The largest absolute Gasteiger partial charge is 0.493 e. The molecule has 1 aliphatic rings. The van der Waals surface area contributed by atoms with Gasteiger partial charge in [0.05, 0.1) is 38.2 Å². The summed E-state index contributed by atoms with van der Waals surface area (Å²) in [7, 11) is 1.64. The summed E-state index contributed by atoms with van der Waals surface area (Å²) in [5.41, 5.74) is 4.38. The molecule has 1 aliphatic heterocycles. The minimum Gasteiger partial charge on any atom is -0.493 e. The number of hydrogen-bond acceptors (Lipinski definition) is 11. The van der Waals surface area contributed by atoms with Crippen molar-refractivity contribution in [3.63, 3.8) is 0 Å². The van der Waals surface area contributed by atoms with Gasteiger partial charge in [-0.3, -0.25) is 4.90 Å². The molecule has 0 spiro atoms. The van der Waals surface area contributed by atoms with Gasteiger partial charge in [-0.05, 0) is 54.8 Å². The molecule has 1 aromatic heterocycles. The Morgan fingerprint density at radius 2 is 1.82 bits per heavy atom. The summed E-state index contributed by atoms with van der Waals surface area (Å²) in [4.78, 5) is 25.2. The number of nitrogens with zero attached hydrogens (tertiary/aromatic N) is 5. The Kier molecular flexibility index (Phi) is 12.5. The predicted molar refractivity (Wildman–Crippen MR) is 170 cm³/mol. The lowest BCUT2D eigenvalue weighted by Crippen LogP contribution is -2.37. The first-order valence-electron chi connectivity index (χ1n) is 14.2. The molecule has 2 heterocycles. The van der Waals surface area contributed by atoms with Crippen molar-refractivity contribution in [2.24, 2.45) is 5.16 Å². The topological polar surface area (TPSA) is 154 Å². The molecule has 0 amide bonds. The van der Waals surface area contributed by atoms with Gasteiger partial charge in [0.15, 0.2) is 11.5 Å². The fraction of sp³-hybridized carbons (Fsp3) is 0.323. The van der Waals surface area contributed by atoms with Gasteiger partial charge in [0.2, 0.25) is 0 Å². The van der Waals surface area contributed by atoms with Crippen molar-refractivity contribution in [1.82, 2.24) is 14.9 Å². The average Bonchev–Trinajstić information content (AvgIpc) is 3.04. The van der Waals surface area contributed by atoms with Crippen LogP contribution >= 0.6 is 11.6 Å². The minimum absolute atomic E-state index is 0.374. The Balaban J connectivity index is 0.00000109. The van der Waals surface area contributed by atoms with Gasteiger partial charge < -0.3 is 29.6 Å². The van der Waals surface area contributed by atoms with Gasteiger partial charge in [0.1, 0.15) is 18.8 Å². The highest BCUT2D eigenvalue weighted by Crippen LogP contribution is 2.35. The number of benzene rings is 3. The van der Waals surface area contributed by atoms with E-state index in [1.54, 1.807) is 7.11 Å². The molecule has 238 valence electrons. The second-order valence-electron chi connectivity index (χ2n) is 9.92. The number of halogens is 1. The summed E-state index contributed by atoms with van der Waals surface area (Å²) >= 11 is 5.94. The Labute approximate surface area is 265 Å². The van der Waals surface area contributed by atoms with Gasteiger partial charge in [0, 0.05) is 41.8 Å². The molecule has 0 atom stereocenters. The van der Waals surface area contributed by atoms with Crippen molar-refractivity contribution in [2.75, 3.05) is 51.9 Å². The standard InChI is InChI=1S/C31H34ClN5O4.HNO3/c1-22(36-41-20-23-4-8-25(32)9-5-23)24-6-10-26(11-7-24)35-31-27-18-30(29(38-2)19-28(27)33-21-34-31)40-15-3-12-37-13-16-39-17-14-37;2-1(3)4/h4-11,18-19,21H,3,12-17,20H2,1-2H3,(H,33,34,35);(H,2,3,4)/b36-22-;. The van der Waals surface area contributed by atoms with Crippen molar-refractivity contribution in [3.8, 4) is 11.5 Å². The number of aromatic nitrogens is 2. The Hall–Kier alpha value is -4.72. The molecule has 0 unspecified atom stereocenters. The molecular weight excluding hydrogens is 604 g/mol. The Bertz CT molecular complexity index is 1560. The Morgan fingerprint density at radius 3 is 2.51 bits per heavy atom. The predicted octanol–water partition coefficient (Wildman–Crippen LogP) is 5.73. The third-order valence-corrected chi connectivity index (χ3v) is 7.06. The molecule has 0 radical (unpaired) electrons. The van der Waals surface area contributed by atoms with Crippen LogP contribution in [-0.2, 0) is 16.2 Å². The second kappa shape index (κ2) is 16.9. The molecule has 1 saturated heterocycles. The lowest BCUT2D eigenvalue weighted by atomic mass is 10.1. The molecular formula is C31H35ClN6O7. The summed E-state index contributed by atoms with van der Waals surface area (Å²) in [6.45, 7) is 7.38. The fourth-order valence-corrected chi connectivity index (χ4v) is 4.63. The first-order valence-corrected chi connectivity index (χ1v) is 14.6. The van der Waals surface area contributed by atoms with Gasteiger partial charge in [-0.15, -0.1) is 10.1 Å². The zero-order valence-corrected chi connectivity index (χ0v) is 25.8. The highest BCUT2D eigenvalue weighted by atomic mass is 35.5. The van der Waals surface area contributed by atoms with E-state index in [1.807, 2.05) is 67.6 Å². The zero-order chi connectivity index (χ0) is 32.0. The number of anilines is 2. The molecule has 13 nitrogen and oxygen atoms in total. The number of methoxy groups -OCH3 is 1. The SMILES string of the molecule is COc1cc2ncnc(Nc3ccc(/C(C)=N\OCc4ccc(Cl)cc4)cc3)c2cc1OCCCN1CCOCC1.O=[N+]([O-])O. The first kappa shape index (κ1) is 33.2. The summed E-state index contributed by atoms with van der Waals surface area (Å²) in [6, 6.07) is 19.3. The van der Waals surface area contributed by atoms with Crippen LogP contribution in [0.2, 0.25) is 5.02 Å². The molecule has 14 heteroatoms. The van der Waals surface area contributed by atoms with E-state index in [0.29, 0.717) is 35.6 Å². The van der Waals surface area contributed by atoms with Crippen LogP contribution in [0.5, 0.6) is 11.5 Å². The van der Waals surface area contributed by atoms with Crippen molar-refractivity contribution in [3.05, 3.63) is 93.3 Å². The number of fused-ring (bicyclic) bond motifs is 1. The normalized spacial score (nSPS) is 13.4. The van der Waals surface area contributed by atoms with E-state index in [4.69, 9.17) is 46.0 Å². The smallest absolute Gasteiger partial charge is 0.291 e. The molecule has 45 heavy (non-hydrogen) atoms. The van der Waals surface area contributed by atoms with E-state index in [-0.39, 0.29) is 0 Å². The zero-order valence-electron chi connectivity index (χ0n) is 25.0. The molecule has 3 aromatic carbocycles. The van der Waals surface area contributed by atoms with E-state index in [1.165, 1.54) is 6.33 Å². The van der Waals surface area contributed by atoms with E-state index < -0.39 is 5.09 Å². The van der Waals surface area contributed by atoms with Crippen LogP contribution in [0.4, 0.5) is 11.5 Å². The van der Waals surface area contributed by atoms with Crippen LogP contribution in [0.15, 0.2) is 72.1 Å². The maximum atomic E-state index is 8.36. The van der Waals surface area contributed by atoms with Crippen molar-refractivity contribution in [1.29, 1.82) is 0 Å². The number of morpholine rings is 1. The van der Waals surface area contributed by atoms with Gasteiger partial charge in [-0.25, -0.2) is 9.97 Å². The second-order valence-corrected chi connectivity index (χ2v) is 10.4. The number of rotatable bonds is 12. The highest BCUT2D eigenvalue weighted by molar-refractivity contribution is 6.30. The number of ether oxygens (including phenoxy) is 3. The van der Waals surface area contributed by atoms with Crippen LogP contribution < -0.4 is 14.8 Å². The summed E-state index contributed by atoms with van der Waals surface area (Å²) in [5.74, 6) is 1.99. The summed E-state index contributed by atoms with van der Waals surface area (Å²) in [5, 5.41) is 22.8. The Morgan fingerprint density at radius 1 is 1.11 bits per heavy atom. The van der Waals surface area contributed by atoms with Crippen LogP contribution in [0.25, 0.3) is 10.9 Å². The first-order chi connectivity index (χ1) is 21.8. The average molecular weight is 639 g/mol. The van der Waals surface area contributed by atoms with E-state index in [0.717, 1.165) is 72.7 Å². The molecule has 0 saturated carbocycles. The maximum Gasteiger partial charge on any atom is 0.291 e. The van der Waals surface area contributed by atoms with Gasteiger partial charge in [0.25, 0.3) is 5.09 Å². The van der Waals surface area contributed by atoms with Gasteiger partial charge in [-0.2, -0.15) is 0 Å². The quantitative estimate of drug-likeness (QED) is 0.0846. The third kappa shape index (κ3) is 10.4. The summed E-state index contributed by atoms with van der Waals surface area (Å²) in [6.07, 6.45) is 2.45. The highest BCUT2D eigenvalue weighted by Gasteiger charge is 2.14. The molecule has 0 aliphatic carbocycles. The number of nitrogens with one attached hydrogen (secondary N) is 1. The van der Waals surface area contributed by atoms with Crippen molar-refractivity contribution < 1.29 is 29.3 Å².